The molecule has 1 aromatic carbocycles. The van der Waals surface area contributed by atoms with Gasteiger partial charge in [-0.3, -0.25) is 4.79 Å². The number of thioether (sulfide) groups is 1. The lowest BCUT2D eigenvalue weighted by Gasteiger charge is -2.16. The number of hydrogen-bond acceptors (Lipinski definition) is 3. The molecule has 23 heavy (non-hydrogen) atoms. The molecule has 0 radical (unpaired) electrons. The first-order valence-corrected chi connectivity index (χ1v) is 9.02. The highest BCUT2D eigenvalue weighted by molar-refractivity contribution is 7.98. The molecule has 0 N–H and O–H groups in total. The topological polar surface area (TPSA) is 20.3 Å². The maximum atomic E-state index is 14.2. The molecule has 0 unspecified atom stereocenters. The summed E-state index contributed by atoms with van der Waals surface area (Å²) in [5, 5.41) is 0. The van der Waals surface area contributed by atoms with Gasteiger partial charge in [0.25, 0.3) is 5.91 Å². The summed E-state index contributed by atoms with van der Waals surface area (Å²) in [5.41, 5.74) is 1.07. The molecule has 2 aliphatic heterocycles. The van der Waals surface area contributed by atoms with Gasteiger partial charge in [-0.25, -0.2) is 13.2 Å². The van der Waals surface area contributed by atoms with Gasteiger partial charge < -0.3 is 4.90 Å². The van der Waals surface area contributed by atoms with Crippen LogP contribution in [0.25, 0.3) is 10.4 Å². The first-order valence-electron chi connectivity index (χ1n) is 7.22. The molecule has 1 amide bonds. The Kier molecular flexibility index (Phi) is 3.65. The number of fused-ring (bicyclic) bond motifs is 3. The number of rotatable bonds is 1. The van der Waals surface area contributed by atoms with Crippen molar-refractivity contribution in [2.45, 2.75) is 23.2 Å². The summed E-state index contributed by atoms with van der Waals surface area (Å²) in [6.45, 7) is 0.507. The third-order valence-corrected chi connectivity index (χ3v) is 6.42. The van der Waals surface area contributed by atoms with Crippen molar-refractivity contribution >= 4 is 29.0 Å². The second-order valence-electron chi connectivity index (χ2n) is 5.62. The summed E-state index contributed by atoms with van der Waals surface area (Å²) >= 11 is 2.40. The van der Waals surface area contributed by atoms with E-state index in [1.165, 1.54) is 16.7 Å². The van der Waals surface area contributed by atoms with E-state index in [0.717, 1.165) is 29.0 Å². The van der Waals surface area contributed by atoms with Crippen molar-refractivity contribution in [1.82, 2.24) is 4.90 Å². The van der Waals surface area contributed by atoms with Gasteiger partial charge in [-0.1, -0.05) is 0 Å². The molecule has 4 rings (SSSR count). The van der Waals surface area contributed by atoms with Crippen LogP contribution in [0.4, 0.5) is 13.2 Å². The van der Waals surface area contributed by atoms with Crippen LogP contribution >= 0.6 is 23.1 Å². The Labute approximate surface area is 139 Å². The number of hydrogen-bond donors (Lipinski definition) is 0. The van der Waals surface area contributed by atoms with Crippen LogP contribution in [0.5, 0.6) is 0 Å². The SMILES string of the molecule is O=C(c1cc2c(s1)-c1c(F)ccc(F)c1SC2)N1CC[C@H](F)C1. The zero-order chi connectivity index (χ0) is 16.1. The number of thiophene rings is 1. The Bertz CT molecular complexity index is 805. The Balaban J connectivity index is 1.74. The second kappa shape index (κ2) is 5.56. The normalized spacial score (nSPS) is 19.6. The number of amides is 1. The van der Waals surface area contributed by atoms with Crippen LogP contribution in [0.3, 0.4) is 0 Å². The highest BCUT2D eigenvalue weighted by Gasteiger charge is 2.31. The number of nitrogens with zero attached hydrogens (tertiary/aromatic N) is 1. The fraction of sp³-hybridized carbons (Fsp3) is 0.312. The molecule has 7 heteroatoms. The average molecular weight is 355 g/mol. The monoisotopic (exact) mass is 355 g/mol. The van der Waals surface area contributed by atoms with E-state index in [1.54, 1.807) is 6.07 Å². The smallest absolute Gasteiger partial charge is 0.264 e. The molecule has 120 valence electrons. The Morgan fingerprint density at radius 3 is 2.78 bits per heavy atom. The van der Waals surface area contributed by atoms with Crippen molar-refractivity contribution in [3.8, 4) is 10.4 Å². The van der Waals surface area contributed by atoms with E-state index >= 15 is 0 Å². The molecular weight excluding hydrogens is 343 g/mol. The summed E-state index contributed by atoms with van der Waals surface area (Å²) in [4.78, 5) is 15.3. The highest BCUT2D eigenvalue weighted by Crippen LogP contribution is 2.48. The zero-order valence-corrected chi connectivity index (χ0v) is 13.6. The largest absolute Gasteiger partial charge is 0.335 e. The van der Waals surface area contributed by atoms with Gasteiger partial charge in [0.15, 0.2) is 0 Å². The first-order chi connectivity index (χ1) is 11.0. The number of likely N-dealkylation sites (tertiary alicyclic amines) is 1. The molecular formula is C16H12F3NOS2. The van der Waals surface area contributed by atoms with Crippen LogP contribution in [0.15, 0.2) is 23.1 Å². The van der Waals surface area contributed by atoms with Crippen molar-refractivity contribution in [2.75, 3.05) is 13.1 Å². The minimum atomic E-state index is -0.976. The predicted molar refractivity (Wildman–Crippen MR) is 84.6 cm³/mol. The molecule has 2 aromatic rings. The van der Waals surface area contributed by atoms with Crippen molar-refractivity contribution in [3.63, 3.8) is 0 Å². The van der Waals surface area contributed by atoms with E-state index in [1.807, 2.05) is 0 Å². The number of carbonyl (C=O) groups is 1. The summed E-state index contributed by atoms with van der Waals surface area (Å²) in [5.74, 6) is -0.662. The van der Waals surface area contributed by atoms with Gasteiger partial charge in [-0.05, 0) is 30.2 Å². The van der Waals surface area contributed by atoms with Crippen LogP contribution in [-0.4, -0.2) is 30.1 Å². The van der Waals surface area contributed by atoms with Gasteiger partial charge in [0.05, 0.1) is 16.3 Å². The van der Waals surface area contributed by atoms with E-state index in [0.29, 0.717) is 33.4 Å². The molecule has 2 nitrogen and oxygen atoms in total. The highest BCUT2D eigenvalue weighted by atomic mass is 32.2. The van der Waals surface area contributed by atoms with E-state index < -0.39 is 17.8 Å². The Hall–Kier alpha value is -1.47. The molecule has 1 fully saturated rings. The van der Waals surface area contributed by atoms with Gasteiger partial charge in [0.1, 0.15) is 17.8 Å². The predicted octanol–water partition coefficient (Wildman–Crippen LogP) is 4.48. The van der Waals surface area contributed by atoms with Crippen LogP contribution in [0.1, 0.15) is 21.7 Å². The number of carbonyl (C=O) groups excluding carboxylic acids is 1. The van der Waals surface area contributed by atoms with E-state index in [2.05, 4.69) is 0 Å². The molecule has 0 saturated carbocycles. The fourth-order valence-corrected chi connectivity index (χ4v) is 5.38. The first kappa shape index (κ1) is 15.1. The van der Waals surface area contributed by atoms with Crippen molar-refractivity contribution in [1.29, 1.82) is 0 Å². The lowest BCUT2D eigenvalue weighted by Crippen LogP contribution is -2.28. The van der Waals surface area contributed by atoms with Gasteiger partial charge >= 0.3 is 0 Å². The Morgan fingerprint density at radius 1 is 1.26 bits per heavy atom. The van der Waals surface area contributed by atoms with Gasteiger partial charge in [0.2, 0.25) is 0 Å². The molecule has 0 aliphatic carbocycles. The molecule has 3 heterocycles. The minimum absolute atomic E-state index is 0.107. The number of halogens is 3. The van der Waals surface area contributed by atoms with E-state index in [9.17, 15) is 18.0 Å². The summed E-state index contributed by atoms with van der Waals surface area (Å²) in [7, 11) is 0. The third-order valence-electron chi connectivity index (χ3n) is 4.10. The molecule has 1 atom stereocenters. The van der Waals surface area contributed by atoms with E-state index in [-0.39, 0.29) is 18.0 Å². The standard InChI is InChI=1S/C16H12F3NOS2/c17-9-3-4-20(6-9)16(21)12-5-8-7-22-15-11(19)2-1-10(18)13(15)14(8)23-12/h1-2,5,9H,3-4,6-7H2/t9-/m0/s1. The average Bonchev–Trinajstić information content (AvgIpc) is 3.15. The fourth-order valence-electron chi connectivity index (χ4n) is 2.95. The molecule has 1 aromatic heterocycles. The van der Waals surface area contributed by atoms with Gasteiger partial charge in [-0.15, -0.1) is 23.1 Å². The van der Waals surface area contributed by atoms with Crippen molar-refractivity contribution in [3.05, 3.63) is 40.3 Å². The number of alkyl halides is 1. The van der Waals surface area contributed by atoms with Crippen LogP contribution in [0, 0.1) is 11.6 Å². The van der Waals surface area contributed by atoms with Gasteiger partial charge in [-0.2, -0.15) is 0 Å². The lowest BCUT2D eigenvalue weighted by molar-refractivity contribution is 0.0787. The van der Waals surface area contributed by atoms with Crippen molar-refractivity contribution < 1.29 is 18.0 Å². The van der Waals surface area contributed by atoms with Crippen LogP contribution < -0.4 is 0 Å². The maximum Gasteiger partial charge on any atom is 0.264 e. The zero-order valence-electron chi connectivity index (χ0n) is 11.9. The Morgan fingerprint density at radius 2 is 2.04 bits per heavy atom. The number of benzene rings is 1. The van der Waals surface area contributed by atoms with Crippen LogP contribution in [0.2, 0.25) is 0 Å². The van der Waals surface area contributed by atoms with Gasteiger partial charge in [0, 0.05) is 22.7 Å². The summed E-state index contributed by atoms with van der Waals surface area (Å²) in [6.07, 6.45) is -0.619. The lowest BCUT2D eigenvalue weighted by atomic mass is 10.1. The molecule has 1 saturated heterocycles. The second-order valence-corrected chi connectivity index (χ2v) is 7.66. The molecule has 2 aliphatic rings. The maximum absolute atomic E-state index is 14.2. The van der Waals surface area contributed by atoms with Crippen LogP contribution in [-0.2, 0) is 5.75 Å². The minimum Gasteiger partial charge on any atom is -0.335 e. The van der Waals surface area contributed by atoms with E-state index in [4.69, 9.17) is 0 Å². The summed E-state index contributed by atoms with van der Waals surface area (Å²) < 4.78 is 41.4. The third kappa shape index (κ3) is 2.46. The molecule has 0 bridgehead atoms. The summed E-state index contributed by atoms with van der Waals surface area (Å²) in [6, 6.07) is 3.96. The molecule has 0 spiro atoms. The quantitative estimate of drug-likeness (QED) is 0.752. The van der Waals surface area contributed by atoms with Crippen molar-refractivity contribution in [2.24, 2.45) is 0 Å².